The second-order valence-electron chi connectivity index (χ2n) is 4.29. The molecule has 1 saturated carbocycles. The van der Waals surface area contributed by atoms with E-state index in [2.05, 4.69) is 0 Å². The van der Waals surface area contributed by atoms with Gasteiger partial charge in [0.05, 0.1) is 5.56 Å². The Morgan fingerprint density at radius 2 is 2.11 bits per heavy atom. The van der Waals surface area contributed by atoms with Crippen LogP contribution in [0.3, 0.4) is 0 Å². The maximum absolute atomic E-state index is 13.1. The van der Waals surface area contributed by atoms with Crippen molar-refractivity contribution in [2.75, 3.05) is 12.3 Å². The quantitative estimate of drug-likeness (QED) is 0.786. The fraction of sp³-hybridized carbons (Fsp3) is 0.333. The van der Waals surface area contributed by atoms with E-state index < -0.39 is 17.7 Å². The van der Waals surface area contributed by atoms with Gasteiger partial charge in [0, 0.05) is 11.7 Å². The van der Waals surface area contributed by atoms with Gasteiger partial charge in [-0.1, -0.05) is 0 Å². The van der Waals surface area contributed by atoms with E-state index in [1.165, 1.54) is 11.0 Å². The van der Waals surface area contributed by atoms with Gasteiger partial charge in [0.25, 0.3) is 5.91 Å². The molecule has 6 heteroatoms. The van der Waals surface area contributed by atoms with Crippen LogP contribution in [0.4, 0.5) is 10.1 Å². The van der Waals surface area contributed by atoms with Gasteiger partial charge in [0.15, 0.2) is 0 Å². The molecular weight excluding hydrogens is 239 g/mol. The van der Waals surface area contributed by atoms with Crippen LogP contribution in [0.15, 0.2) is 18.2 Å². The van der Waals surface area contributed by atoms with E-state index in [0.29, 0.717) is 0 Å². The lowest BCUT2D eigenvalue weighted by molar-refractivity contribution is -0.137. The van der Waals surface area contributed by atoms with Gasteiger partial charge in [-0.15, -0.1) is 0 Å². The SMILES string of the molecule is Nc1ccc(F)cc1C(=O)N(CC(=O)O)C1CC1. The van der Waals surface area contributed by atoms with E-state index in [-0.39, 0.29) is 23.8 Å². The Hall–Kier alpha value is -2.11. The Bertz CT molecular complexity index is 500. The maximum Gasteiger partial charge on any atom is 0.323 e. The minimum Gasteiger partial charge on any atom is -0.480 e. The number of amides is 1. The van der Waals surface area contributed by atoms with Gasteiger partial charge in [-0.3, -0.25) is 9.59 Å². The normalized spacial score (nSPS) is 14.3. The molecule has 1 aliphatic carbocycles. The van der Waals surface area contributed by atoms with Gasteiger partial charge in [-0.25, -0.2) is 4.39 Å². The van der Waals surface area contributed by atoms with E-state index in [1.807, 2.05) is 0 Å². The van der Waals surface area contributed by atoms with Crippen LogP contribution in [0.25, 0.3) is 0 Å². The van der Waals surface area contributed by atoms with Gasteiger partial charge in [0.2, 0.25) is 0 Å². The minimum absolute atomic E-state index is 0.0168. The molecule has 0 radical (unpaired) electrons. The van der Waals surface area contributed by atoms with Gasteiger partial charge in [0.1, 0.15) is 12.4 Å². The topological polar surface area (TPSA) is 83.6 Å². The summed E-state index contributed by atoms with van der Waals surface area (Å²) in [7, 11) is 0. The number of halogens is 1. The summed E-state index contributed by atoms with van der Waals surface area (Å²) in [5.41, 5.74) is 5.79. The van der Waals surface area contributed by atoms with Crippen molar-refractivity contribution in [1.82, 2.24) is 4.90 Å². The Labute approximate surface area is 103 Å². The van der Waals surface area contributed by atoms with E-state index in [4.69, 9.17) is 10.8 Å². The van der Waals surface area contributed by atoms with Crippen LogP contribution in [0.5, 0.6) is 0 Å². The molecule has 0 unspecified atom stereocenters. The first-order valence-corrected chi connectivity index (χ1v) is 5.57. The molecule has 96 valence electrons. The molecule has 0 aliphatic heterocycles. The summed E-state index contributed by atoms with van der Waals surface area (Å²) in [5.74, 6) is -2.19. The lowest BCUT2D eigenvalue weighted by Gasteiger charge is -2.21. The third kappa shape index (κ3) is 2.58. The largest absolute Gasteiger partial charge is 0.480 e. The Morgan fingerprint density at radius 1 is 1.44 bits per heavy atom. The molecule has 0 atom stereocenters. The summed E-state index contributed by atoms with van der Waals surface area (Å²) >= 11 is 0. The van der Waals surface area contributed by atoms with Crippen LogP contribution in [-0.2, 0) is 4.79 Å². The Balaban J connectivity index is 2.27. The van der Waals surface area contributed by atoms with Crippen molar-refractivity contribution in [1.29, 1.82) is 0 Å². The molecule has 1 aromatic rings. The van der Waals surface area contributed by atoms with Gasteiger partial charge in [-0.2, -0.15) is 0 Å². The monoisotopic (exact) mass is 252 g/mol. The summed E-state index contributed by atoms with van der Waals surface area (Å²) in [5, 5.41) is 8.78. The van der Waals surface area contributed by atoms with Crippen molar-refractivity contribution in [2.24, 2.45) is 0 Å². The van der Waals surface area contributed by atoms with Crippen molar-refractivity contribution in [3.63, 3.8) is 0 Å². The summed E-state index contributed by atoms with van der Waals surface area (Å²) in [4.78, 5) is 24.1. The summed E-state index contributed by atoms with van der Waals surface area (Å²) < 4.78 is 13.1. The number of benzene rings is 1. The number of carbonyl (C=O) groups is 2. The van der Waals surface area contributed by atoms with Crippen molar-refractivity contribution < 1.29 is 19.1 Å². The summed E-state index contributed by atoms with van der Waals surface area (Å²) in [6.45, 7) is -0.389. The average molecular weight is 252 g/mol. The number of nitrogens with two attached hydrogens (primary N) is 1. The molecular formula is C12H13FN2O3. The van der Waals surface area contributed by atoms with Gasteiger partial charge < -0.3 is 15.7 Å². The number of carboxylic acids is 1. The van der Waals surface area contributed by atoms with Gasteiger partial charge >= 0.3 is 5.97 Å². The molecule has 3 N–H and O–H groups in total. The number of carboxylic acid groups (broad SMARTS) is 1. The highest BCUT2D eigenvalue weighted by Gasteiger charge is 2.35. The lowest BCUT2D eigenvalue weighted by Crippen LogP contribution is -2.37. The van der Waals surface area contributed by atoms with E-state index in [9.17, 15) is 14.0 Å². The number of hydrogen-bond acceptors (Lipinski definition) is 3. The molecule has 0 aromatic heterocycles. The Morgan fingerprint density at radius 3 is 2.67 bits per heavy atom. The molecule has 18 heavy (non-hydrogen) atoms. The first-order chi connectivity index (χ1) is 8.49. The van der Waals surface area contributed by atoms with Crippen molar-refractivity contribution in [3.8, 4) is 0 Å². The standard InChI is InChI=1S/C12H13FN2O3/c13-7-1-4-10(14)9(5-7)12(18)15(6-11(16)17)8-2-3-8/h1,4-5,8H,2-3,6,14H2,(H,16,17). The molecule has 0 heterocycles. The predicted octanol–water partition coefficient (Wildman–Crippen LogP) is 1.10. The van der Waals surface area contributed by atoms with Gasteiger partial charge in [-0.05, 0) is 31.0 Å². The average Bonchev–Trinajstić information content (AvgIpc) is 3.12. The zero-order valence-electron chi connectivity index (χ0n) is 9.60. The number of nitrogens with zero attached hydrogens (tertiary/aromatic N) is 1. The number of anilines is 1. The molecule has 0 bridgehead atoms. The van der Waals surface area contributed by atoms with Crippen LogP contribution >= 0.6 is 0 Å². The van der Waals surface area contributed by atoms with Crippen molar-refractivity contribution in [3.05, 3.63) is 29.6 Å². The summed E-state index contributed by atoms with van der Waals surface area (Å²) in [6, 6.07) is 3.42. The fourth-order valence-electron chi connectivity index (χ4n) is 1.77. The fourth-order valence-corrected chi connectivity index (χ4v) is 1.77. The first kappa shape index (κ1) is 12.3. The summed E-state index contributed by atoms with van der Waals surface area (Å²) in [6.07, 6.45) is 1.54. The molecule has 1 amide bonds. The number of carbonyl (C=O) groups excluding carboxylic acids is 1. The maximum atomic E-state index is 13.1. The molecule has 1 fully saturated rings. The molecule has 1 aromatic carbocycles. The third-order valence-electron chi connectivity index (χ3n) is 2.80. The van der Waals surface area contributed by atoms with Crippen LogP contribution in [0.1, 0.15) is 23.2 Å². The smallest absolute Gasteiger partial charge is 0.323 e. The zero-order valence-corrected chi connectivity index (χ0v) is 9.60. The molecule has 0 spiro atoms. The van der Waals surface area contributed by atoms with E-state index >= 15 is 0 Å². The van der Waals surface area contributed by atoms with E-state index in [0.717, 1.165) is 25.0 Å². The van der Waals surface area contributed by atoms with Crippen LogP contribution in [-0.4, -0.2) is 34.5 Å². The van der Waals surface area contributed by atoms with Crippen LogP contribution in [0, 0.1) is 5.82 Å². The highest BCUT2D eigenvalue weighted by Crippen LogP contribution is 2.29. The molecule has 5 nitrogen and oxygen atoms in total. The Kier molecular flexibility index (Phi) is 3.18. The highest BCUT2D eigenvalue weighted by molar-refractivity contribution is 6.00. The van der Waals surface area contributed by atoms with Crippen molar-refractivity contribution >= 4 is 17.6 Å². The number of hydrogen-bond donors (Lipinski definition) is 2. The first-order valence-electron chi connectivity index (χ1n) is 5.57. The number of nitrogen functional groups attached to an aromatic ring is 1. The zero-order chi connectivity index (χ0) is 13.3. The van der Waals surface area contributed by atoms with E-state index in [1.54, 1.807) is 0 Å². The van der Waals surface area contributed by atoms with Crippen molar-refractivity contribution in [2.45, 2.75) is 18.9 Å². The lowest BCUT2D eigenvalue weighted by atomic mass is 10.1. The second-order valence-corrected chi connectivity index (χ2v) is 4.29. The predicted molar refractivity (Wildman–Crippen MR) is 62.5 cm³/mol. The number of rotatable bonds is 4. The molecule has 2 rings (SSSR count). The molecule has 1 aliphatic rings. The highest BCUT2D eigenvalue weighted by atomic mass is 19.1. The van der Waals surface area contributed by atoms with Crippen LogP contribution < -0.4 is 5.73 Å². The molecule has 0 saturated heterocycles. The van der Waals surface area contributed by atoms with Crippen LogP contribution in [0.2, 0.25) is 0 Å². The second kappa shape index (κ2) is 4.64. The third-order valence-corrected chi connectivity index (χ3v) is 2.80. The minimum atomic E-state index is -1.09. The number of aliphatic carboxylic acids is 1.